The summed E-state index contributed by atoms with van der Waals surface area (Å²) in [5, 5.41) is 6.84. The van der Waals surface area contributed by atoms with Crippen molar-refractivity contribution in [1.82, 2.24) is 14.8 Å². The van der Waals surface area contributed by atoms with E-state index in [-0.39, 0.29) is 5.16 Å². The fourth-order valence-corrected chi connectivity index (χ4v) is 8.09. The lowest BCUT2D eigenvalue weighted by Gasteiger charge is -2.37. The van der Waals surface area contributed by atoms with E-state index >= 15 is 0 Å². The number of aromatic nitrogens is 3. The van der Waals surface area contributed by atoms with Crippen LogP contribution >= 0.6 is 29.9 Å². The molecule has 0 fully saturated rings. The van der Waals surface area contributed by atoms with Crippen molar-refractivity contribution in [3.8, 4) is 5.75 Å². The van der Waals surface area contributed by atoms with E-state index in [1.54, 1.807) is 0 Å². The molecule has 3 aromatic carbocycles. The van der Waals surface area contributed by atoms with Gasteiger partial charge < -0.3 is 4.52 Å². The Bertz CT molecular complexity index is 1580. The summed E-state index contributed by atoms with van der Waals surface area (Å²) < 4.78 is 16.1. The highest BCUT2D eigenvalue weighted by Crippen LogP contribution is 2.63. The van der Waals surface area contributed by atoms with Gasteiger partial charge in [-0.05, 0) is 71.5 Å². The highest BCUT2D eigenvalue weighted by Gasteiger charge is 2.43. The molecule has 0 spiro atoms. The standard InChI is InChI=1S/C29H30IN4OP/c1-5-20-34-28(24-12-6-7-13-25(24)32-34)36(29(2,3)4,33-23-17-15-22(30)16-18-23)35-26-14-8-10-21-11-9-19-31-27(21)26/h6-19H,5,20H2,1-4H3/t36-/m1/s1. The van der Waals surface area contributed by atoms with Crippen molar-refractivity contribution in [3.05, 3.63) is 88.6 Å². The average Bonchev–Trinajstić information content (AvgIpc) is 3.23. The largest absolute Gasteiger partial charge is 0.451 e. The van der Waals surface area contributed by atoms with Gasteiger partial charge in [-0.3, -0.25) is 9.67 Å². The van der Waals surface area contributed by atoms with E-state index in [2.05, 4.69) is 110 Å². The molecule has 7 heteroatoms. The van der Waals surface area contributed by atoms with Crippen LogP contribution in [-0.4, -0.2) is 19.9 Å². The number of nitrogens with zero attached hydrogens (tertiary/aromatic N) is 4. The Balaban J connectivity index is 1.90. The van der Waals surface area contributed by atoms with E-state index in [4.69, 9.17) is 19.4 Å². The summed E-state index contributed by atoms with van der Waals surface area (Å²) in [5.41, 5.74) is 3.78. The maximum Gasteiger partial charge on any atom is 0.191 e. The zero-order chi connectivity index (χ0) is 25.3. The Hall–Kier alpha value is -2.70. The van der Waals surface area contributed by atoms with Crippen LogP contribution in [0.3, 0.4) is 0 Å². The lowest BCUT2D eigenvalue weighted by Crippen LogP contribution is -2.32. The first-order valence-electron chi connectivity index (χ1n) is 12.2. The van der Waals surface area contributed by atoms with Gasteiger partial charge in [-0.2, -0.15) is 5.10 Å². The van der Waals surface area contributed by atoms with Gasteiger partial charge in [0.1, 0.15) is 11.0 Å². The first-order chi connectivity index (χ1) is 17.3. The van der Waals surface area contributed by atoms with Gasteiger partial charge in [0.15, 0.2) is 13.0 Å². The van der Waals surface area contributed by atoms with Crippen molar-refractivity contribution in [2.24, 2.45) is 4.74 Å². The highest BCUT2D eigenvalue weighted by atomic mass is 127. The number of aryl methyl sites for hydroxylation is 1. The number of benzene rings is 3. The van der Waals surface area contributed by atoms with Gasteiger partial charge in [-0.25, -0.2) is 4.74 Å². The van der Waals surface area contributed by atoms with Crippen molar-refractivity contribution < 1.29 is 4.52 Å². The van der Waals surface area contributed by atoms with Crippen LogP contribution < -0.4 is 9.96 Å². The van der Waals surface area contributed by atoms with Crippen molar-refractivity contribution in [2.45, 2.75) is 45.8 Å². The summed E-state index contributed by atoms with van der Waals surface area (Å²) in [6.45, 7) is 9.66. The Morgan fingerprint density at radius 2 is 1.69 bits per heavy atom. The number of hydrogen-bond donors (Lipinski definition) is 0. The normalized spacial score (nSPS) is 13.6. The molecule has 0 amide bonds. The number of halogens is 1. The zero-order valence-electron chi connectivity index (χ0n) is 21.0. The van der Waals surface area contributed by atoms with Gasteiger partial charge in [0.05, 0.1) is 11.2 Å². The topological polar surface area (TPSA) is 52.3 Å². The van der Waals surface area contributed by atoms with Crippen molar-refractivity contribution in [3.63, 3.8) is 0 Å². The molecule has 5 nitrogen and oxygen atoms in total. The summed E-state index contributed by atoms with van der Waals surface area (Å²) >= 11 is 2.33. The first kappa shape index (κ1) is 25.0. The molecule has 2 aromatic heterocycles. The molecule has 0 radical (unpaired) electrons. The summed E-state index contributed by atoms with van der Waals surface area (Å²) in [7, 11) is -2.78. The van der Waals surface area contributed by atoms with E-state index in [0.717, 1.165) is 51.6 Å². The predicted octanol–water partition coefficient (Wildman–Crippen LogP) is 8.55. The molecular weight excluding hydrogens is 578 g/mol. The van der Waals surface area contributed by atoms with E-state index in [9.17, 15) is 0 Å². The van der Waals surface area contributed by atoms with Gasteiger partial charge in [-0.15, -0.1) is 0 Å². The Morgan fingerprint density at radius 3 is 2.44 bits per heavy atom. The second kappa shape index (κ2) is 9.98. The van der Waals surface area contributed by atoms with E-state index in [0.29, 0.717) is 0 Å². The van der Waals surface area contributed by atoms with Crippen LogP contribution in [0.25, 0.3) is 21.8 Å². The second-order valence-electron chi connectivity index (χ2n) is 9.81. The predicted molar refractivity (Wildman–Crippen MR) is 160 cm³/mol. The van der Waals surface area contributed by atoms with Gasteiger partial charge >= 0.3 is 0 Å². The number of para-hydroxylation sites is 1. The fraction of sp³-hybridized carbons (Fsp3) is 0.241. The maximum atomic E-state index is 7.27. The monoisotopic (exact) mass is 608 g/mol. The third-order valence-corrected chi connectivity index (χ3v) is 10.7. The minimum absolute atomic E-state index is 0.332. The number of hydrogen-bond acceptors (Lipinski definition) is 4. The fourth-order valence-electron chi connectivity index (χ4n) is 4.43. The molecule has 0 saturated carbocycles. The zero-order valence-corrected chi connectivity index (χ0v) is 24.1. The highest BCUT2D eigenvalue weighted by molar-refractivity contribution is 14.1. The van der Waals surface area contributed by atoms with Gasteiger partial charge in [-0.1, -0.05) is 64.1 Å². The molecular formula is C29H30IN4OP. The summed E-state index contributed by atoms with van der Waals surface area (Å²) in [6.07, 6.45) is 2.78. The number of rotatable bonds is 6. The molecule has 0 unspecified atom stereocenters. The molecule has 36 heavy (non-hydrogen) atoms. The average molecular weight is 608 g/mol. The smallest absolute Gasteiger partial charge is 0.191 e. The van der Waals surface area contributed by atoms with Crippen LogP contribution in [-0.2, 0) is 6.54 Å². The molecule has 0 aliphatic rings. The maximum absolute atomic E-state index is 7.27. The van der Waals surface area contributed by atoms with E-state index in [1.165, 1.54) is 3.57 Å². The third kappa shape index (κ3) is 4.57. The van der Waals surface area contributed by atoms with Crippen molar-refractivity contribution >= 4 is 62.8 Å². The second-order valence-corrected chi connectivity index (χ2v) is 14.4. The Morgan fingerprint density at radius 1 is 0.944 bits per heavy atom. The van der Waals surface area contributed by atoms with Crippen LogP contribution in [0, 0.1) is 3.57 Å². The SMILES string of the molecule is CCCn1nc2ccccc2c1[P@@](=Nc1ccc(I)cc1)(Oc1cccc2cccnc12)C(C)(C)C. The van der Waals surface area contributed by atoms with Crippen molar-refractivity contribution in [1.29, 1.82) is 0 Å². The molecule has 1 atom stereocenters. The molecule has 0 aliphatic carbocycles. The summed E-state index contributed by atoms with van der Waals surface area (Å²) in [5.74, 6) is 0.749. The quantitative estimate of drug-likeness (QED) is 0.143. The Labute approximate surface area is 226 Å². The van der Waals surface area contributed by atoms with E-state index < -0.39 is 7.28 Å². The number of pyridine rings is 1. The van der Waals surface area contributed by atoms with Crippen LogP contribution in [0.2, 0.25) is 0 Å². The van der Waals surface area contributed by atoms with E-state index in [1.807, 2.05) is 30.5 Å². The lowest BCUT2D eigenvalue weighted by atomic mass is 10.2. The molecule has 5 rings (SSSR count). The van der Waals surface area contributed by atoms with Crippen LogP contribution in [0.4, 0.5) is 5.69 Å². The molecule has 5 aromatic rings. The van der Waals surface area contributed by atoms with Crippen LogP contribution in [0.1, 0.15) is 34.1 Å². The summed E-state index contributed by atoms with van der Waals surface area (Å²) in [4.78, 5) is 4.70. The molecule has 0 saturated heterocycles. The third-order valence-electron chi connectivity index (χ3n) is 6.16. The van der Waals surface area contributed by atoms with Gasteiger partial charge in [0, 0.05) is 32.2 Å². The lowest BCUT2D eigenvalue weighted by molar-refractivity contribution is 0.562. The number of fused-ring (bicyclic) bond motifs is 2. The molecule has 0 aliphatic heterocycles. The molecule has 0 bridgehead atoms. The molecule has 184 valence electrons. The molecule has 2 heterocycles. The minimum Gasteiger partial charge on any atom is -0.451 e. The molecule has 0 N–H and O–H groups in total. The van der Waals surface area contributed by atoms with Gasteiger partial charge in [0.25, 0.3) is 0 Å². The first-order valence-corrected chi connectivity index (χ1v) is 14.9. The van der Waals surface area contributed by atoms with Crippen LogP contribution in [0.15, 0.2) is 89.8 Å². The van der Waals surface area contributed by atoms with Gasteiger partial charge in [0.2, 0.25) is 0 Å². The minimum atomic E-state index is -2.78. The summed E-state index contributed by atoms with van der Waals surface area (Å²) in [6, 6.07) is 26.8. The van der Waals surface area contributed by atoms with Crippen molar-refractivity contribution in [2.75, 3.05) is 0 Å². The van der Waals surface area contributed by atoms with Crippen LogP contribution in [0.5, 0.6) is 5.75 Å². The Kier molecular flexibility index (Phi) is 6.92.